The standard InChI is InChI=1S/C28H34N2O4Si/c1-28(2,3)35(24-16-10-6-11-17-24,25-18-12-7-13-19-25)34-21-23(20-26(31)30-27(32)33-4)29-22-14-8-5-9-15-22/h5-19,23,29H,20-21H2,1-4H3,(H,30,31,32)/t23-/m1/s1. The molecule has 0 saturated heterocycles. The van der Waals surface area contributed by atoms with Crippen molar-refractivity contribution in [2.75, 3.05) is 19.0 Å². The van der Waals surface area contributed by atoms with Crippen molar-refractivity contribution in [3.63, 3.8) is 0 Å². The number of ether oxygens (including phenoxy) is 1. The summed E-state index contributed by atoms with van der Waals surface area (Å²) in [6.07, 6.45) is -0.733. The molecular weight excluding hydrogens is 456 g/mol. The van der Waals surface area contributed by atoms with Gasteiger partial charge in [-0.2, -0.15) is 0 Å². The van der Waals surface area contributed by atoms with Crippen LogP contribution < -0.4 is 21.0 Å². The maximum absolute atomic E-state index is 12.6. The second kappa shape index (κ2) is 11.8. The van der Waals surface area contributed by atoms with Crippen molar-refractivity contribution < 1.29 is 18.8 Å². The smallest absolute Gasteiger partial charge is 0.413 e. The van der Waals surface area contributed by atoms with Gasteiger partial charge in [-0.05, 0) is 27.5 Å². The predicted octanol–water partition coefficient (Wildman–Crippen LogP) is 4.32. The van der Waals surface area contributed by atoms with Gasteiger partial charge in [0.1, 0.15) is 0 Å². The maximum Gasteiger partial charge on any atom is 0.413 e. The predicted molar refractivity (Wildman–Crippen MR) is 143 cm³/mol. The fourth-order valence-electron chi connectivity index (χ4n) is 4.35. The number of anilines is 1. The number of para-hydroxylation sites is 1. The van der Waals surface area contributed by atoms with Crippen LogP contribution in [-0.2, 0) is 14.0 Å². The number of nitrogens with one attached hydrogen (secondary N) is 2. The van der Waals surface area contributed by atoms with Crippen LogP contribution in [0.1, 0.15) is 27.2 Å². The molecule has 35 heavy (non-hydrogen) atoms. The number of methoxy groups -OCH3 is 1. The Hall–Kier alpha value is -3.42. The van der Waals surface area contributed by atoms with Gasteiger partial charge in [0.2, 0.25) is 5.91 Å². The Morgan fingerprint density at radius 1 is 0.829 bits per heavy atom. The number of amides is 2. The van der Waals surface area contributed by atoms with Gasteiger partial charge in [0, 0.05) is 12.1 Å². The fraction of sp³-hybridized carbons (Fsp3) is 0.286. The van der Waals surface area contributed by atoms with Crippen molar-refractivity contribution >= 4 is 36.4 Å². The van der Waals surface area contributed by atoms with Crippen LogP contribution in [0.25, 0.3) is 0 Å². The van der Waals surface area contributed by atoms with E-state index in [2.05, 4.69) is 60.4 Å². The molecule has 0 fully saturated rings. The lowest BCUT2D eigenvalue weighted by Gasteiger charge is -2.43. The van der Waals surface area contributed by atoms with Gasteiger partial charge >= 0.3 is 6.09 Å². The van der Waals surface area contributed by atoms with E-state index in [9.17, 15) is 9.59 Å². The summed E-state index contributed by atoms with van der Waals surface area (Å²) < 4.78 is 11.6. The molecule has 0 heterocycles. The highest BCUT2D eigenvalue weighted by molar-refractivity contribution is 6.99. The number of alkyl carbamates (subject to hydrolysis) is 1. The number of carbonyl (C=O) groups excluding carboxylic acids is 2. The van der Waals surface area contributed by atoms with E-state index in [4.69, 9.17) is 4.43 Å². The first-order valence-electron chi connectivity index (χ1n) is 11.7. The molecule has 2 amide bonds. The highest BCUT2D eigenvalue weighted by atomic mass is 28.4. The second-order valence-electron chi connectivity index (χ2n) is 9.43. The SMILES string of the molecule is COC(=O)NC(=O)C[C@H](CO[Si](c1ccccc1)(c1ccccc1)C(C)(C)C)Nc1ccccc1. The largest absolute Gasteiger partial charge is 0.453 e. The molecule has 184 valence electrons. The molecule has 0 aliphatic carbocycles. The number of hydrogen-bond acceptors (Lipinski definition) is 5. The van der Waals surface area contributed by atoms with Gasteiger partial charge in [0.25, 0.3) is 8.32 Å². The summed E-state index contributed by atoms with van der Waals surface area (Å²) in [6.45, 7) is 6.91. The van der Waals surface area contributed by atoms with Crippen LogP contribution in [0.15, 0.2) is 91.0 Å². The van der Waals surface area contributed by atoms with Crippen molar-refractivity contribution in [1.82, 2.24) is 5.32 Å². The number of carbonyl (C=O) groups is 2. The van der Waals surface area contributed by atoms with Crippen LogP contribution >= 0.6 is 0 Å². The molecule has 0 aromatic heterocycles. The third kappa shape index (κ3) is 6.59. The third-order valence-corrected chi connectivity index (χ3v) is 10.9. The maximum atomic E-state index is 12.6. The average molecular weight is 491 g/mol. The van der Waals surface area contributed by atoms with E-state index in [1.165, 1.54) is 7.11 Å². The molecular formula is C28H34N2O4Si. The van der Waals surface area contributed by atoms with Crippen molar-refractivity contribution in [2.45, 2.75) is 38.3 Å². The van der Waals surface area contributed by atoms with Gasteiger partial charge in [-0.1, -0.05) is 99.6 Å². The number of imide groups is 1. The zero-order valence-electron chi connectivity index (χ0n) is 20.8. The molecule has 0 aliphatic rings. The summed E-state index contributed by atoms with van der Waals surface area (Å²) in [4.78, 5) is 24.2. The first-order chi connectivity index (χ1) is 16.8. The first kappa shape index (κ1) is 26.2. The van der Waals surface area contributed by atoms with Gasteiger partial charge in [0.15, 0.2) is 0 Å². The summed E-state index contributed by atoms with van der Waals surface area (Å²) >= 11 is 0. The minimum Gasteiger partial charge on any atom is -0.453 e. The van der Waals surface area contributed by atoms with E-state index in [1.807, 2.05) is 66.7 Å². The summed E-state index contributed by atoms with van der Waals surface area (Å²) in [5.74, 6) is -0.434. The summed E-state index contributed by atoms with van der Waals surface area (Å²) in [7, 11) is -1.55. The average Bonchev–Trinajstić information content (AvgIpc) is 2.85. The first-order valence-corrected chi connectivity index (χ1v) is 13.6. The molecule has 0 saturated carbocycles. The highest BCUT2D eigenvalue weighted by Crippen LogP contribution is 2.37. The van der Waals surface area contributed by atoms with E-state index in [1.54, 1.807) is 0 Å². The van der Waals surface area contributed by atoms with Crippen molar-refractivity contribution in [1.29, 1.82) is 0 Å². The van der Waals surface area contributed by atoms with Gasteiger partial charge < -0.3 is 14.5 Å². The van der Waals surface area contributed by atoms with Crippen LogP contribution in [0, 0.1) is 0 Å². The highest BCUT2D eigenvalue weighted by Gasteiger charge is 2.50. The van der Waals surface area contributed by atoms with E-state index in [-0.39, 0.29) is 24.1 Å². The van der Waals surface area contributed by atoms with Gasteiger partial charge in [0.05, 0.1) is 19.8 Å². The molecule has 2 N–H and O–H groups in total. The number of benzene rings is 3. The summed E-state index contributed by atoms with van der Waals surface area (Å²) in [6, 6.07) is 30.0. The third-order valence-electron chi connectivity index (χ3n) is 5.92. The minimum absolute atomic E-state index is 0.0438. The Labute approximate surface area is 208 Å². The van der Waals surface area contributed by atoms with Crippen molar-refractivity contribution in [3.8, 4) is 0 Å². The minimum atomic E-state index is -2.78. The molecule has 6 nitrogen and oxygen atoms in total. The quantitative estimate of drug-likeness (QED) is 0.437. The Bertz CT molecular complexity index is 1050. The fourth-order valence-corrected chi connectivity index (χ4v) is 8.96. The molecule has 3 rings (SSSR count). The second-order valence-corrected chi connectivity index (χ2v) is 13.7. The van der Waals surface area contributed by atoms with Gasteiger partial charge in [-0.25, -0.2) is 4.79 Å². The van der Waals surface area contributed by atoms with E-state index >= 15 is 0 Å². The zero-order valence-corrected chi connectivity index (χ0v) is 21.8. The van der Waals surface area contributed by atoms with Crippen molar-refractivity contribution in [3.05, 3.63) is 91.0 Å². The Morgan fingerprint density at radius 2 is 1.31 bits per heavy atom. The van der Waals surface area contributed by atoms with E-state index < -0.39 is 20.3 Å². The van der Waals surface area contributed by atoms with Crippen LogP contribution in [-0.4, -0.2) is 40.1 Å². The lowest BCUT2D eigenvalue weighted by atomic mass is 10.2. The van der Waals surface area contributed by atoms with Crippen molar-refractivity contribution in [2.24, 2.45) is 0 Å². The Kier molecular flexibility index (Phi) is 8.84. The van der Waals surface area contributed by atoms with E-state index in [0.717, 1.165) is 16.1 Å². The van der Waals surface area contributed by atoms with Crippen LogP contribution in [0.3, 0.4) is 0 Å². The molecule has 0 spiro atoms. The summed E-state index contributed by atoms with van der Waals surface area (Å²) in [5, 5.41) is 7.80. The Balaban J connectivity index is 1.97. The molecule has 1 atom stereocenters. The topological polar surface area (TPSA) is 76.7 Å². The molecule has 3 aromatic rings. The Morgan fingerprint density at radius 3 is 1.77 bits per heavy atom. The molecule has 7 heteroatoms. The van der Waals surface area contributed by atoms with Gasteiger partial charge in [-0.3, -0.25) is 10.1 Å². The van der Waals surface area contributed by atoms with Crippen LogP contribution in [0.2, 0.25) is 5.04 Å². The number of rotatable bonds is 9. The molecule has 0 bridgehead atoms. The number of hydrogen-bond donors (Lipinski definition) is 2. The van der Waals surface area contributed by atoms with Gasteiger partial charge in [-0.15, -0.1) is 0 Å². The van der Waals surface area contributed by atoms with E-state index in [0.29, 0.717) is 0 Å². The lowest BCUT2D eigenvalue weighted by Crippen LogP contribution is -2.67. The molecule has 0 radical (unpaired) electrons. The molecule has 0 aliphatic heterocycles. The van der Waals surface area contributed by atoms with Crippen LogP contribution in [0.5, 0.6) is 0 Å². The van der Waals surface area contributed by atoms with Crippen LogP contribution in [0.4, 0.5) is 10.5 Å². The lowest BCUT2D eigenvalue weighted by molar-refractivity contribution is -0.120. The zero-order chi connectivity index (χ0) is 25.3. The summed E-state index contributed by atoms with van der Waals surface area (Å²) in [5.41, 5.74) is 0.870. The molecule has 0 unspecified atom stereocenters. The monoisotopic (exact) mass is 490 g/mol. The normalized spacial score (nSPS) is 12.5. The molecule has 3 aromatic carbocycles.